The van der Waals surface area contributed by atoms with E-state index in [2.05, 4.69) is 15.3 Å². The second-order valence-corrected chi connectivity index (χ2v) is 4.08. The van der Waals surface area contributed by atoms with Crippen molar-refractivity contribution in [1.82, 2.24) is 10.3 Å². The number of rotatable bonds is 9. The topological polar surface area (TPSA) is 81.8 Å². The van der Waals surface area contributed by atoms with Crippen LogP contribution in [0.4, 0.5) is 0 Å². The van der Waals surface area contributed by atoms with Crippen LogP contribution >= 0.6 is 24.0 Å². The van der Waals surface area contributed by atoms with Gasteiger partial charge in [0.05, 0.1) is 13.2 Å². The highest BCUT2D eigenvalue weighted by molar-refractivity contribution is 14.0. The molecule has 0 radical (unpaired) electrons. The monoisotopic (exact) mass is 408 g/mol. The molecule has 0 unspecified atom stereocenters. The molecule has 0 saturated carbocycles. The van der Waals surface area contributed by atoms with Gasteiger partial charge in [-0.15, -0.1) is 24.0 Å². The molecule has 0 aliphatic rings. The SMILES string of the molecule is CCOCCCNC(N)=NCc1cccnc1OCC.I. The van der Waals surface area contributed by atoms with E-state index in [9.17, 15) is 0 Å². The highest BCUT2D eigenvalue weighted by atomic mass is 127. The zero-order chi connectivity index (χ0) is 14.6. The van der Waals surface area contributed by atoms with Gasteiger partial charge >= 0.3 is 0 Å². The summed E-state index contributed by atoms with van der Waals surface area (Å²) in [5.41, 5.74) is 6.72. The minimum atomic E-state index is 0. The summed E-state index contributed by atoms with van der Waals surface area (Å²) in [6.45, 7) is 7.16. The molecule has 0 aliphatic carbocycles. The smallest absolute Gasteiger partial charge is 0.218 e. The Morgan fingerprint density at radius 3 is 2.90 bits per heavy atom. The number of aromatic nitrogens is 1. The first kappa shape index (κ1) is 19.9. The van der Waals surface area contributed by atoms with E-state index >= 15 is 0 Å². The van der Waals surface area contributed by atoms with Crippen LogP contribution in [0.2, 0.25) is 0 Å². The van der Waals surface area contributed by atoms with Gasteiger partial charge in [0.15, 0.2) is 5.96 Å². The van der Waals surface area contributed by atoms with Crippen LogP contribution < -0.4 is 15.8 Å². The molecule has 0 aromatic carbocycles. The van der Waals surface area contributed by atoms with Crippen molar-refractivity contribution in [3.8, 4) is 5.88 Å². The zero-order valence-corrected chi connectivity index (χ0v) is 15.0. The first-order valence-electron chi connectivity index (χ1n) is 6.96. The third-order valence-electron chi connectivity index (χ3n) is 2.53. The number of halogens is 1. The molecule has 0 amide bonds. The van der Waals surface area contributed by atoms with Crippen LogP contribution in [-0.4, -0.2) is 37.3 Å². The third-order valence-corrected chi connectivity index (χ3v) is 2.53. The van der Waals surface area contributed by atoms with E-state index in [1.807, 2.05) is 26.0 Å². The van der Waals surface area contributed by atoms with Crippen molar-refractivity contribution >= 4 is 29.9 Å². The average molecular weight is 408 g/mol. The summed E-state index contributed by atoms with van der Waals surface area (Å²) in [5, 5.41) is 3.05. The summed E-state index contributed by atoms with van der Waals surface area (Å²) in [7, 11) is 0. The number of guanidine groups is 1. The van der Waals surface area contributed by atoms with Crippen molar-refractivity contribution < 1.29 is 9.47 Å². The van der Waals surface area contributed by atoms with Gasteiger partial charge in [-0.1, -0.05) is 6.07 Å². The molecule has 7 heteroatoms. The van der Waals surface area contributed by atoms with Crippen molar-refractivity contribution in [2.24, 2.45) is 10.7 Å². The van der Waals surface area contributed by atoms with Gasteiger partial charge in [0.25, 0.3) is 0 Å². The van der Waals surface area contributed by atoms with Crippen molar-refractivity contribution in [3.63, 3.8) is 0 Å². The van der Waals surface area contributed by atoms with E-state index in [4.69, 9.17) is 15.2 Å². The number of nitrogens with one attached hydrogen (secondary N) is 1. The Bertz CT molecular complexity index is 416. The lowest BCUT2D eigenvalue weighted by molar-refractivity contribution is 0.145. The maximum Gasteiger partial charge on any atom is 0.218 e. The number of hydrogen-bond donors (Lipinski definition) is 2. The molecule has 0 atom stereocenters. The lowest BCUT2D eigenvalue weighted by atomic mass is 10.3. The van der Waals surface area contributed by atoms with Gasteiger partial charge in [-0.05, 0) is 26.3 Å². The second-order valence-electron chi connectivity index (χ2n) is 4.08. The number of pyridine rings is 1. The second kappa shape index (κ2) is 12.6. The highest BCUT2D eigenvalue weighted by Crippen LogP contribution is 2.14. The zero-order valence-electron chi connectivity index (χ0n) is 12.7. The summed E-state index contributed by atoms with van der Waals surface area (Å²) in [6.07, 6.45) is 2.61. The number of aliphatic imine (C=N–C) groups is 1. The van der Waals surface area contributed by atoms with Crippen LogP contribution in [0.25, 0.3) is 0 Å². The average Bonchev–Trinajstić information content (AvgIpc) is 2.46. The summed E-state index contributed by atoms with van der Waals surface area (Å²) in [5.74, 6) is 1.04. The van der Waals surface area contributed by atoms with Gasteiger partial charge in [0.1, 0.15) is 0 Å². The molecule has 0 aliphatic heterocycles. The number of ether oxygens (including phenoxy) is 2. The number of nitrogens with zero attached hydrogens (tertiary/aromatic N) is 2. The Morgan fingerprint density at radius 2 is 2.19 bits per heavy atom. The van der Waals surface area contributed by atoms with Crippen LogP contribution in [0.1, 0.15) is 25.8 Å². The number of nitrogens with two attached hydrogens (primary N) is 1. The van der Waals surface area contributed by atoms with Gasteiger partial charge in [0, 0.05) is 31.5 Å². The molecule has 1 rings (SSSR count). The molecule has 3 N–H and O–H groups in total. The van der Waals surface area contributed by atoms with E-state index in [1.54, 1.807) is 6.20 Å². The fourth-order valence-electron chi connectivity index (χ4n) is 1.57. The van der Waals surface area contributed by atoms with Crippen LogP contribution in [0, 0.1) is 0 Å². The van der Waals surface area contributed by atoms with Crippen LogP contribution in [-0.2, 0) is 11.3 Å². The molecule has 0 bridgehead atoms. The Balaban J connectivity index is 0.00000400. The van der Waals surface area contributed by atoms with Crippen LogP contribution in [0.5, 0.6) is 5.88 Å². The molecular formula is C14H25IN4O2. The molecule has 0 fully saturated rings. The van der Waals surface area contributed by atoms with Crippen molar-refractivity contribution in [2.75, 3.05) is 26.4 Å². The van der Waals surface area contributed by atoms with Gasteiger partial charge in [-0.25, -0.2) is 9.98 Å². The minimum Gasteiger partial charge on any atom is -0.478 e. The summed E-state index contributed by atoms with van der Waals surface area (Å²) in [6, 6.07) is 3.79. The highest BCUT2D eigenvalue weighted by Gasteiger charge is 2.03. The Hall–Kier alpha value is -1.09. The molecule has 1 aromatic rings. The third kappa shape index (κ3) is 8.71. The first-order valence-corrected chi connectivity index (χ1v) is 6.96. The fraction of sp³-hybridized carbons (Fsp3) is 0.571. The minimum absolute atomic E-state index is 0. The molecule has 0 spiro atoms. The molecule has 1 aromatic heterocycles. The summed E-state index contributed by atoms with van der Waals surface area (Å²) < 4.78 is 10.7. The van der Waals surface area contributed by atoms with Crippen molar-refractivity contribution in [2.45, 2.75) is 26.8 Å². The lowest BCUT2D eigenvalue weighted by Crippen LogP contribution is -2.32. The van der Waals surface area contributed by atoms with Gasteiger partial charge < -0.3 is 20.5 Å². The normalized spacial score (nSPS) is 10.9. The van der Waals surface area contributed by atoms with Gasteiger partial charge in [0.2, 0.25) is 5.88 Å². The van der Waals surface area contributed by atoms with Crippen molar-refractivity contribution in [1.29, 1.82) is 0 Å². The molecule has 6 nitrogen and oxygen atoms in total. The summed E-state index contributed by atoms with van der Waals surface area (Å²) in [4.78, 5) is 8.45. The maximum absolute atomic E-state index is 5.80. The molecule has 21 heavy (non-hydrogen) atoms. The quantitative estimate of drug-likeness (QED) is 0.283. The Morgan fingerprint density at radius 1 is 1.38 bits per heavy atom. The summed E-state index contributed by atoms with van der Waals surface area (Å²) >= 11 is 0. The van der Waals surface area contributed by atoms with E-state index in [0.29, 0.717) is 25.0 Å². The van der Waals surface area contributed by atoms with Crippen LogP contribution in [0.3, 0.4) is 0 Å². The molecule has 1 heterocycles. The standard InChI is InChI=1S/C14H24N4O2.HI/c1-3-19-10-6-9-17-14(15)18-11-12-7-5-8-16-13(12)20-4-2;/h5,7-8H,3-4,6,9-11H2,1-2H3,(H3,15,17,18);1H. The number of hydrogen-bond acceptors (Lipinski definition) is 4. The fourth-order valence-corrected chi connectivity index (χ4v) is 1.57. The van der Waals surface area contributed by atoms with Gasteiger partial charge in [-0.3, -0.25) is 0 Å². The van der Waals surface area contributed by atoms with Crippen molar-refractivity contribution in [3.05, 3.63) is 23.9 Å². The largest absolute Gasteiger partial charge is 0.478 e. The van der Waals surface area contributed by atoms with E-state index in [0.717, 1.165) is 31.7 Å². The van der Waals surface area contributed by atoms with E-state index in [1.165, 1.54) is 0 Å². The van der Waals surface area contributed by atoms with E-state index in [-0.39, 0.29) is 24.0 Å². The Labute approximate surface area is 143 Å². The first-order chi connectivity index (χ1) is 9.77. The van der Waals surface area contributed by atoms with E-state index < -0.39 is 0 Å². The predicted octanol–water partition coefficient (Wildman–Crippen LogP) is 1.93. The maximum atomic E-state index is 5.80. The van der Waals surface area contributed by atoms with Crippen LogP contribution in [0.15, 0.2) is 23.3 Å². The molecule has 0 saturated heterocycles. The Kier molecular flexibility index (Phi) is 12.0. The lowest BCUT2D eigenvalue weighted by Gasteiger charge is -2.08. The predicted molar refractivity (Wildman–Crippen MR) is 95.3 cm³/mol. The van der Waals surface area contributed by atoms with Gasteiger partial charge in [-0.2, -0.15) is 0 Å². The molecule has 120 valence electrons. The molecular weight excluding hydrogens is 383 g/mol.